The third-order valence-electron chi connectivity index (χ3n) is 4.09. The van der Waals surface area contributed by atoms with E-state index in [4.69, 9.17) is 19.4 Å². The second kappa shape index (κ2) is 7.42. The number of azide groups is 1. The second-order valence-corrected chi connectivity index (χ2v) is 11.5. The molecule has 0 aromatic carbocycles. The Morgan fingerprint density at radius 2 is 2.00 bits per heavy atom. The summed E-state index contributed by atoms with van der Waals surface area (Å²) in [6.45, 7) is 13.8. The van der Waals surface area contributed by atoms with Crippen molar-refractivity contribution in [2.24, 2.45) is 5.11 Å². The van der Waals surface area contributed by atoms with Gasteiger partial charge in [-0.15, -0.1) is 0 Å². The predicted octanol–water partition coefficient (Wildman–Crippen LogP) is 4.00. The van der Waals surface area contributed by atoms with Gasteiger partial charge >= 0.3 is 0 Å². The van der Waals surface area contributed by atoms with Crippen LogP contribution >= 0.6 is 0 Å². The Bertz CT molecular complexity index is 414. The molecule has 0 radical (unpaired) electrons. The summed E-state index contributed by atoms with van der Waals surface area (Å²) in [5.74, 6) is 0. The maximum atomic E-state index is 8.67. The highest BCUT2D eigenvalue weighted by Crippen LogP contribution is 2.37. The smallest absolute Gasteiger partial charge is 0.192 e. The molecule has 0 spiro atoms. The van der Waals surface area contributed by atoms with Crippen LogP contribution in [0.5, 0.6) is 0 Å². The van der Waals surface area contributed by atoms with Gasteiger partial charge in [0.15, 0.2) is 14.6 Å². The van der Waals surface area contributed by atoms with E-state index in [1.54, 1.807) is 6.08 Å². The Morgan fingerprint density at radius 3 is 2.52 bits per heavy atom. The van der Waals surface area contributed by atoms with Gasteiger partial charge in [0.1, 0.15) is 0 Å². The topological polar surface area (TPSA) is 76.5 Å². The minimum absolute atomic E-state index is 0.130. The lowest BCUT2D eigenvalue weighted by Gasteiger charge is -2.38. The van der Waals surface area contributed by atoms with Crippen LogP contribution in [-0.4, -0.2) is 40.0 Å². The Kier molecular flexibility index (Phi) is 6.43. The zero-order valence-corrected chi connectivity index (χ0v) is 14.9. The van der Waals surface area contributed by atoms with Gasteiger partial charge in [-0.05, 0) is 36.7 Å². The van der Waals surface area contributed by atoms with Crippen molar-refractivity contribution in [2.75, 3.05) is 13.2 Å². The van der Waals surface area contributed by atoms with Gasteiger partial charge in [0.05, 0.1) is 18.8 Å². The summed E-state index contributed by atoms with van der Waals surface area (Å²) in [7, 11) is -1.86. The third-order valence-corrected chi connectivity index (χ3v) is 8.59. The van der Waals surface area contributed by atoms with Gasteiger partial charge in [-0.3, -0.25) is 0 Å². The Morgan fingerprint density at radius 1 is 1.33 bits per heavy atom. The first kappa shape index (κ1) is 18.2. The number of nitrogens with zero attached hydrogens (tertiary/aromatic N) is 3. The van der Waals surface area contributed by atoms with Gasteiger partial charge < -0.3 is 13.9 Å². The van der Waals surface area contributed by atoms with Crippen LogP contribution in [0.1, 0.15) is 27.7 Å². The summed E-state index contributed by atoms with van der Waals surface area (Å²) >= 11 is 0. The van der Waals surface area contributed by atoms with Crippen LogP contribution in [-0.2, 0) is 13.9 Å². The van der Waals surface area contributed by atoms with Crippen molar-refractivity contribution < 1.29 is 13.9 Å². The van der Waals surface area contributed by atoms with E-state index >= 15 is 0 Å². The molecule has 0 fully saturated rings. The molecule has 1 aliphatic heterocycles. The molecule has 1 aliphatic rings. The number of hydrogen-bond acceptors (Lipinski definition) is 4. The molecule has 120 valence electrons. The van der Waals surface area contributed by atoms with E-state index in [0.29, 0.717) is 13.2 Å². The van der Waals surface area contributed by atoms with Crippen LogP contribution in [0.3, 0.4) is 0 Å². The third kappa shape index (κ3) is 5.12. The molecular weight excluding hydrogens is 286 g/mol. The van der Waals surface area contributed by atoms with Crippen molar-refractivity contribution >= 4 is 8.32 Å². The molecule has 21 heavy (non-hydrogen) atoms. The first-order valence-electron chi connectivity index (χ1n) is 7.35. The van der Waals surface area contributed by atoms with Crippen LogP contribution in [0.2, 0.25) is 18.1 Å². The monoisotopic (exact) mass is 313 g/mol. The average molecular weight is 313 g/mol. The first-order chi connectivity index (χ1) is 9.71. The standard InChI is InChI=1S/C14H27N3O3Si/c1-7-18-13-9-8-11(16-17-15)12(20-13)10-19-21(5,6)14(2,3)4/h8-9,11-13H,7,10H2,1-6H3/t11-,12+,13-/m0/s1. The second-order valence-electron chi connectivity index (χ2n) is 6.65. The first-order valence-corrected chi connectivity index (χ1v) is 10.3. The number of hydrogen-bond donors (Lipinski definition) is 0. The Balaban J connectivity index is 2.73. The van der Waals surface area contributed by atoms with Gasteiger partial charge in [-0.2, -0.15) is 0 Å². The van der Waals surface area contributed by atoms with Crippen LogP contribution in [0.25, 0.3) is 10.4 Å². The van der Waals surface area contributed by atoms with Crippen LogP contribution in [0, 0.1) is 0 Å². The molecule has 0 saturated carbocycles. The fraction of sp³-hybridized carbons (Fsp3) is 0.857. The fourth-order valence-electron chi connectivity index (χ4n) is 1.70. The summed E-state index contributed by atoms with van der Waals surface area (Å²) < 4.78 is 17.5. The van der Waals surface area contributed by atoms with Crippen molar-refractivity contribution in [3.63, 3.8) is 0 Å². The van der Waals surface area contributed by atoms with Crippen LogP contribution in [0.4, 0.5) is 0 Å². The van der Waals surface area contributed by atoms with Gasteiger partial charge in [-0.25, -0.2) is 0 Å². The van der Waals surface area contributed by atoms with Crippen molar-refractivity contribution in [3.8, 4) is 0 Å². The van der Waals surface area contributed by atoms with Crippen molar-refractivity contribution in [1.82, 2.24) is 0 Å². The Hall–Kier alpha value is -0.853. The molecule has 1 heterocycles. The normalized spacial score (nSPS) is 26.5. The lowest BCUT2D eigenvalue weighted by Crippen LogP contribution is -2.46. The van der Waals surface area contributed by atoms with E-state index in [1.807, 2.05) is 13.0 Å². The average Bonchev–Trinajstić information content (AvgIpc) is 2.38. The SMILES string of the molecule is CCO[C@@H]1C=C[C@H](N=[N+]=[N-])[C@@H](CO[Si](C)(C)C(C)(C)C)O1. The lowest BCUT2D eigenvalue weighted by atomic mass is 10.1. The summed E-state index contributed by atoms with van der Waals surface area (Å²) in [5.41, 5.74) is 8.67. The molecular formula is C14H27N3O3Si. The molecule has 0 saturated heterocycles. The maximum Gasteiger partial charge on any atom is 0.192 e. The summed E-state index contributed by atoms with van der Waals surface area (Å²) in [5, 5.41) is 3.90. The van der Waals surface area contributed by atoms with Crippen molar-refractivity contribution in [1.29, 1.82) is 0 Å². The molecule has 0 aliphatic carbocycles. The van der Waals surface area contributed by atoms with Crippen LogP contribution < -0.4 is 0 Å². The van der Waals surface area contributed by atoms with E-state index in [-0.39, 0.29) is 17.2 Å². The lowest BCUT2D eigenvalue weighted by molar-refractivity contribution is -0.156. The van der Waals surface area contributed by atoms with E-state index in [0.717, 1.165) is 0 Å². The summed E-state index contributed by atoms with van der Waals surface area (Å²) in [6.07, 6.45) is 2.92. The molecule has 0 aromatic rings. The van der Waals surface area contributed by atoms with Gasteiger partial charge in [0.25, 0.3) is 0 Å². The molecule has 0 N–H and O–H groups in total. The van der Waals surface area contributed by atoms with Gasteiger partial charge in [-0.1, -0.05) is 32.0 Å². The molecule has 7 heteroatoms. The molecule has 1 rings (SSSR count). The minimum Gasteiger partial charge on any atom is -0.414 e. The van der Waals surface area contributed by atoms with Crippen LogP contribution in [0.15, 0.2) is 17.3 Å². The molecule has 0 amide bonds. The Labute approximate surface area is 128 Å². The van der Waals surface area contributed by atoms with Crippen molar-refractivity contribution in [3.05, 3.63) is 22.6 Å². The van der Waals surface area contributed by atoms with Gasteiger partial charge in [0.2, 0.25) is 0 Å². The van der Waals surface area contributed by atoms with E-state index in [1.165, 1.54) is 0 Å². The molecule has 6 nitrogen and oxygen atoms in total. The highest BCUT2D eigenvalue weighted by atomic mass is 28.4. The highest BCUT2D eigenvalue weighted by Gasteiger charge is 2.39. The van der Waals surface area contributed by atoms with E-state index in [2.05, 4.69) is 43.9 Å². The summed E-state index contributed by atoms with van der Waals surface area (Å²) in [6, 6.07) is -0.350. The largest absolute Gasteiger partial charge is 0.414 e. The maximum absolute atomic E-state index is 8.67. The van der Waals surface area contributed by atoms with E-state index < -0.39 is 14.6 Å². The van der Waals surface area contributed by atoms with Gasteiger partial charge in [0, 0.05) is 11.5 Å². The summed E-state index contributed by atoms with van der Waals surface area (Å²) in [4.78, 5) is 2.88. The predicted molar refractivity (Wildman–Crippen MR) is 85.5 cm³/mol. The molecule has 3 atom stereocenters. The minimum atomic E-state index is -1.86. The fourth-order valence-corrected chi connectivity index (χ4v) is 2.72. The van der Waals surface area contributed by atoms with E-state index in [9.17, 15) is 0 Å². The number of ether oxygens (including phenoxy) is 2. The molecule has 0 aromatic heterocycles. The number of rotatable bonds is 6. The molecule has 0 unspecified atom stereocenters. The highest BCUT2D eigenvalue weighted by molar-refractivity contribution is 6.74. The zero-order valence-electron chi connectivity index (χ0n) is 13.9. The zero-order chi connectivity index (χ0) is 16.1. The van der Waals surface area contributed by atoms with Crippen molar-refractivity contribution in [2.45, 2.75) is 64.3 Å². The quantitative estimate of drug-likeness (QED) is 0.244. The molecule has 0 bridgehead atoms.